The normalized spacial score (nSPS) is 25.5. The van der Waals surface area contributed by atoms with E-state index in [0.717, 1.165) is 23.6 Å². The van der Waals surface area contributed by atoms with Crippen LogP contribution < -0.4 is 4.74 Å². The van der Waals surface area contributed by atoms with Gasteiger partial charge >= 0.3 is 0 Å². The minimum atomic E-state index is -0.0208. The highest BCUT2D eigenvalue weighted by atomic mass is 35.5. The zero-order valence-corrected chi connectivity index (χ0v) is 8.69. The van der Waals surface area contributed by atoms with E-state index in [1.165, 1.54) is 5.56 Å². The molecule has 0 N–H and O–H groups in total. The fourth-order valence-corrected chi connectivity index (χ4v) is 1.83. The van der Waals surface area contributed by atoms with Crippen LogP contribution in [0.25, 0.3) is 0 Å². The summed E-state index contributed by atoms with van der Waals surface area (Å²) in [7, 11) is 0. The van der Waals surface area contributed by atoms with Crippen molar-refractivity contribution in [3.05, 3.63) is 28.8 Å². The first-order valence-corrected chi connectivity index (χ1v) is 4.98. The third kappa shape index (κ3) is 1.53. The number of fused-ring (bicyclic) bond motifs is 1. The van der Waals surface area contributed by atoms with Gasteiger partial charge in [0.1, 0.15) is 11.4 Å². The van der Waals surface area contributed by atoms with Gasteiger partial charge in [-0.05, 0) is 31.0 Å². The van der Waals surface area contributed by atoms with E-state index in [2.05, 4.69) is 19.9 Å². The van der Waals surface area contributed by atoms with Crippen LogP contribution in [0.4, 0.5) is 0 Å². The van der Waals surface area contributed by atoms with E-state index in [0.29, 0.717) is 0 Å². The molecule has 0 radical (unpaired) electrons. The fourth-order valence-electron chi connectivity index (χ4n) is 1.67. The van der Waals surface area contributed by atoms with Crippen molar-refractivity contribution in [2.24, 2.45) is 0 Å². The average molecular weight is 197 g/mol. The van der Waals surface area contributed by atoms with Gasteiger partial charge < -0.3 is 4.74 Å². The lowest BCUT2D eigenvalue weighted by molar-refractivity contribution is 0.112. The van der Waals surface area contributed by atoms with E-state index in [4.69, 9.17) is 16.3 Å². The number of hydrogen-bond donors (Lipinski definition) is 0. The largest absolute Gasteiger partial charge is 0.487 e. The SMILES string of the molecule is CCC1(C)Cc2ccc(Cl)cc2O1. The summed E-state index contributed by atoms with van der Waals surface area (Å²) in [5.74, 6) is 0.955. The van der Waals surface area contributed by atoms with Gasteiger partial charge in [-0.25, -0.2) is 0 Å². The minimum Gasteiger partial charge on any atom is -0.487 e. The molecule has 2 rings (SSSR count). The predicted molar refractivity (Wildman–Crippen MR) is 54.5 cm³/mol. The predicted octanol–water partition coefficient (Wildman–Crippen LogP) is 3.44. The van der Waals surface area contributed by atoms with Crippen LogP contribution in [0, 0.1) is 0 Å². The maximum absolute atomic E-state index is 5.88. The molecular formula is C11H13ClO. The Hall–Kier alpha value is -0.690. The van der Waals surface area contributed by atoms with Crippen LogP contribution in [0.5, 0.6) is 5.75 Å². The summed E-state index contributed by atoms with van der Waals surface area (Å²) in [5.41, 5.74) is 1.25. The van der Waals surface area contributed by atoms with Gasteiger partial charge in [0.25, 0.3) is 0 Å². The standard InChI is InChI=1S/C11H13ClO/c1-3-11(2)7-8-4-5-9(12)6-10(8)13-11/h4-6H,3,7H2,1-2H3. The van der Waals surface area contributed by atoms with E-state index in [1.807, 2.05) is 12.1 Å². The van der Waals surface area contributed by atoms with Crippen LogP contribution in [-0.4, -0.2) is 5.60 Å². The van der Waals surface area contributed by atoms with Gasteiger partial charge in [0.15, 0.2) is 0 Å². The van der Waals surface area contributed by atoms with Crippen molar-refractivity contribution in [2.45, 2.75) is 32.3 Å². The Bertz CT molecular complexity index is 335. The zero-order valence-electron chi connectivity index (χ0n) is 7.93. The van der Waals surface area contributed by atoms with Crippen molar-refractivity contribution in [3.8, 4) is 5.75 Å². The summed E-state index contributed by atoms with van der Waals surface area (Å²) >= 11 is 5.88. The Balaban J connectivity index is 2.35. The lowest BCUT2D eigenvalue weighted by Gasteiger charge is -2.21. The summed E-state index contributed by atoms with van der Waals surface area (Å²) in [6, 6.07) is 5.88. The maximum atomic E-state index is 5.88. The van der Waals surface area contributed by atoms with Gasteiger partial charge in [0.05, 0.1) is 0 Å². The van der Waals surface area contributed by atoms with Crippen LogP contribution in [0.2, 0.25) is 5.02 Å². The van der Waals surface area contributed by atoms with Crippen molar-refractivity contribution in [1.29, 1.82) is 0 Å². The Kier molecular flexibility index (Phi) is 1.99. The summed E-state index contributed by atoms with van der Waals surface area (Å²) < 4.78 is 5.84. The molecule has 1 atom stereocenters. The molecule has 0 bridgehead atoms. The molecule has 1 aromatic carbocycles. The van der Waals surface area contributed by atoms with Crippen molar-refractivity contribution in [2.75, 3.05) is 0 Å². The van der Waals surface area contributed by atoms with Crippen LogP contribution in [-0.2, 0) is 6.42 Å². The molecule has 1 nitrogen and oxygen atoms in total. The van der Waals surface area contributed by atoms with E-state index in [1.54, 1.807) is 0 Å². The fraction of sp³-hybridized carbons (Fsp3) is 0.455. The highest BCUT2D eigenvalue weighted by molar-refractivity contribution is 6.30. The Labute approximate surface area is 83.7 Å². The second kappa shape index (κ2) is 2.91. The van der Waals surface area contributed by atoms with Gasteiger partial charge in [0, 0.05) is 11.4 Å². The highest BCUT2D eigenvalue weighted by Crippen LogP contribution is 2.37. The quantitative estimate of drug-likeness (QED) is 0.669. The van der Waals surface area contributed by atoms with Crippen LogP contribution in [0.15, 0.2) is 18.2 Å². The molecule has 1 aromatic rings. The lowest BCUT2D eigenvalue weighted by atomic mass is 9.97. The Morgan fingerprint density at radius 1 is 1.54 bits per heavy atom. The number of ether oxygens (including phenoxy) is 1. The molecule has 0 aliphatic carbocycles. The smallest absolute Gasteiger partial charge is 0.124 e. The summed E-state index contributed by atoms with van der Waals surface area (Å²) in [4.78, 5) is 0. The topological polar surface area (TPSA) is 9.23 Å². The van der Waals surface area contributed by atoms with Crippen molar-refractivity contribution >= 4 is 11.6 Å². The number of rotatable bonds is 1. The Morgan fingerprint density at radius 3 is 3.00 bits per heavy atom. The van der Waals surface area contributed by atoms with Gasteiger partial charge in [-0.3, -0.25) is 0 Å². The van der Waals surface area contributed by atoms with E-state index < -0.39 is 0 Å². The van der Waals surface area contributed by atoms with E-state index >= 15 is 0 Å². The molecule has 1 heterocycles. The van der Waals surface area contributed by atoms with Gasteiger partial charge in [-0.15, -0.1) is 0 Å². The lowest BCUT2D eigenvalue weighted by Crippen LogP contribution is -2.28. The molecule has 1 aliphatic rings. The third-order valence-corrected chi connectivity index (χ3v) is 2.93. The second-order valence-corrected chi connectivity index (χ2v) is 4.27. The third-order valence-electron chi connectivity index (χ3n) is 2.70. The van der Waals surface area contributed by atoms with Crippen LogP contribution in [0.3, 0.4) is 0 Å². The maximum Gasteiger partial charge on any atom is 0.124 e. The minimum absolute atomic E-state index is 0.0208. The summed E-state index contributed by atoms with van der Waals surface area (Å²) in [6.45, 7) is 4.29. The molecule has 70 valence electrons. The van der Waals surface area contributed by atoms with Gasteiger partial charge in [0.2, 0.25) is 0 Å². The molecule has 1 unspecified atom stereocenters. The molecule has 1 aliphatic heterocycles. The molecule has 0 fully saturated rings. The molecule has 0 aromatic heterocycles. The van der Waals surface area contributed by atoms with E-state index in [-0.39, 0.29) is 5.60 Å². The van der Waals surface area contributed by atoms with E-state index in [9.17, 15) is 0 Å². The first kappa shape index (κ1) is 8.89. The zero-order chi connectivity index (χ0) is 9.47. The molecule has 2 heteroatoms. The van der Waals surface area contributed by atoms with Crippen LogP contribution in [0.1, 0.15) is 25.8 Å². The molecule has 0 saturated heterocycles. The monoisotopic (exact) mass is 196 g/mol. The van der Waals surface area contributed by atoms with Gasteiger partial charge in [-0.1, -0.05) is 24.6 Å². The van der Waals surface area contributed by atoms with Gasteiger partial charge in [-0.2, -0.15) is 0 Å². The highest BCUT2D eigenvalue weighted by Gasteiger charge is 2.32. The molecule has 0 spiro atoms. The molecule has 13 heavy (non-hydrogen) atoms. The first-order chi connectivity index (χ1) is 6.13. The number of halogens is 1. The molecule has 0 saturated carbocycles. The number of hydrogen-bond acceptors (Lipinski definition) is 1. The van der Waals surface area contributed by atoms with Crippen molar-refractivity contribution in [3.63, 3.8) is 0 Å². The summed E-state index contributed by atoms with van der Waals surface area (Å²) in [6.07, 6.45) is 2.02. The summed E-state index contributed by atoms with van der Waals surface area (Å²) in [5, 5.41) is 0.749. The van der Waals surface area contributed by atoms with Crippen molar-refractivity contribution < 1.29 is 4.74 Å². The number of benzene rings is 1. The molecular weight excluding hydrogens is 184 g/mol. The molecule has 0 amide bonds. The average Bonchev–Trinajstić information content (AvgIpc) is 2.42. The van der Waals surface area contributed by atoms with Crippen molar-refractivity contribution in [1.82, 2.24) is 0 Å². The second-order valence-electron chi connectivity index (χ2n) is 3.83. The Morgan fingerprint density at radius 2 is 2.31 bits per heavy atom. The first-order valence-electron chi connectivity index (χ1n) is 4.60. The van der Waals surface area contributed by atoms with Crippen LogP contribution >= 0.6 is 11.6 Å².